The molecule has 2 fully saturated rings. The lowest BCUT2D eigenvalue weighted by molar-refractivity contribution is -0.129. The van der Waals surface area contributed by atoms with Gasteiger partial charge in [-0.1, -0.05) is 0 Å². The molecule has 3 nitrogen and oxygen atoms in total. The normalized spacial score (nSPS) is 36.4. The SMILES string of the molecule is NC1CCC(N2CCCC2=O)C1. The maximum Gasteiger partial charge on any atom is 0.222 e. The van der Waals surface area contributed by atoms with Gasteiger partial charge in [0.25, 0.3) is 0 Å². The van der Waals surface area contributed by atoms with E-state index in [2.05, 4.69) is 0 Å². The third kappa shape index (κ3) is 1.33. The van der Waals surface area contributed by atoms with Gasteiger partial charge in [0, 0.05) is 25.0 Å². The molecule has 1 amide bonds. The van der Waals surface area contributed by atoms with Gasteiger partial charge in [-0.15, -0.1) is 0 Å². The molecule has 0 bridgehead atoms. The van der Waals surface area contributed by atoms with E-state index in [1.807, 2.05) is 4.90 Å². The molecule has 1 saturated carbocycles. The van der Waals surface area contributed by atoms with Gasteiger partial charge < -0.3 is 10.6 Å². The monoisotopic (exact) mass is 168 g/mol. The summed E-state index contributed by atoms with van der Waals surface area (Å²) in [5.41, 5.74) is 5.80. The number of rotatable bonds is 1. The molecule has 1 heterocycles. The first-order valence-electron chi connectivity index (χ1n) is 4.82. The fourth-order valence-electron chi connectivity index (χ4n) is 2.33. The summed E-state index contributed by atoms with van der Waals surface area (Å²) in [6.07, 6.45) is 5.03. The molecule has 0 radical (unpaired) electrons. The van der Waals surface area contributed by atoms with Crippen LogP contribution in [0.1, 0.15) is 32.1 Å². The van der Waals surface area contributed by atoms with Crippen LogP contribution in [0.15, 0.2) is 0 Å². The number of amides is 1. The van der Waals surface area contributed by atoms with E-state index in [-0.39, 0.29) is 0 Å². The van der Waals surface area contributed by atoms with Crippen molar-refractivity contribution in [3.8, 4) is 0 Å². The zero-order valence-electron chi connectivity index (χ0n) is 7.33. The molecular formula is C9H16N2O. The minimum absolute atomic E-state index is 0.336. The van der Waals surface area contributed by atoms with E-state index in [9.17, 15) is 4.79 Å². The molecule has 1 saturated heterocycles. The molecule has 0 aromatic rings. The van der Waals surface area contributed by atoms with E-state index in [0.717, 1.165) is 38.6 Å². The summed E-state index contributed by atoms with van der Waals surface area (Å²) in [6.45, 7) is 0.968. The van der Waals surface area contributed by atoms with Gasteiger partial charge >= 0.3 is 0 Å². The Labute approximate surface area is 72.9 Å². The van der Waals surface area contributed by atoms with Gasteiger partial charge in [-0.2, -0.15) is 0 Å². The fraction of sp³-hybridized carbons (Fsp3) is 0.889. The second-order valence-electron chi connectivity index (χ2n) is 3.92. The number of nitrogens with zero attached hydrogens (tertiary/aromatic N) is 1. The average Bonchev–Trinajstić information content (AvgIpc) is 2.58. The summed E-state index contributed by atoms with van der Waals surface area (Å²) in [4.78, 5) is 13.4. The summed E-state index contributed by atoms with van der Waals surface area (Å²) in [6, 6.07) is 0.804. The van der Waals surface area contributed by atoms with Gasteiger partial charge in [0.15, 0.2) is 0 Å². The Morgan fingerprint density at radius 1 is 1.42 bits per heavy atom. The topological polar surface area (TPSA) is 46.3 Å². The Balaban J connectivity index is 1.96. The highest BCUT2D eigenvalue weighted by molar-refractivity contribution is 5.78. The van der Waals surface area contributed by atoms with Crippen molar-refractivity contribution in [2.45, 2.75) is 44.2 Å². The van der Waals surface area contributed by atoms with Crippen LogP contribution in [0.25, 0.3) is 0 Å². The van der Waals surface area contributed by atoms with Crippen LogP contribution >= 0.6 is 0 Å². The molecule has 2 aliphatic rings. The van der Waals surface area contributed by atoms with Crippen LogP contribution in [0, 0.1) is 0 Å². The Kier molecular flexibility index (Phi) is 2.05. The molecule has 1 aliphatic carbocycles. The van der Waals surface area contributed by atoms with E-state index >= 15 is 0 Å². The molecule has 2 atom stereocenters. The van der Waals surface area contributed by atoms with Crippen molar-refractivity contribution in [1.29, 1.82) is 0 Å². The Hall–Kier alpha value is -0.570. The highest BCUT2D eigenvalue weighted by Crippen LogP contribution is 2.26. The number of carbonyl (C=O) groups is 1. The first kappa shape index (κ1) is 8.05. The fourth-order valence-corrected chi connectivity index (χ4v) is 2.33. The molecule has 2 unspecified atom stereocenters. The van der Waals surface area contributed by atoms with Crippen LogP contribution in [0.3, 0.4) is 0 Å². The zero-order chi connectivity index (χ0) is 8.55. The van der Waals surface area contributed by atoms with E-state index in [1.54, 1.807) is 0 Å². The van der Waals surface area contributed by atoms with Gasteiger partial charge in [-0.3, -0.25) is 4.79 Å². The molecule has 2 rings (SSSR count). The van der Waals surface area contributed by atoms with Crippen LogP contribution in [-0.4, -0.2) is 29.4 Å². The van der Waals surface area contributed by atoms with Crippen molar-refractivity contribution in [3.05, 3.63) is 0 Å². The van der Waals surface area contributed by atoms with Gasteiger partial charge in [-0.25, -0.2) is 0 Å². The quantitative estimate of drug-likeness (QED) is 0.619. The highest BCUT2D eigenvalue weighted by Gasteiger charge is 2.32. The van der Waals surface area contributed by atoms with Crippen molar-refractivity contribution < 1.29 is 4.79 Å². The van der Waals surface area contributed by atoms with Gasteiger partial charge in [0.2, 0.25) is 5.91 Å². The molecule has 0 aromatic heterocycles. The average molecular weight is 168 g/mol. The van der Waals surface area contributed by atoms with Crippen molar-refractivity contribution in [2.24, 2.45) is 5.73 Å². The third-order valence-corrected chi connectivity index (χ3v) is 3.00. The van der Waals surface area contributed by atoms with Crippen LogP contribution < -0.4 is 5.73 Å². The number of nitrogens with two attached hydrogens (primary N) is 1. The minimum Gasteiger partial charge on any atom is -0.340 e. The van der Waals surface area contributed by atoms with Crippen LogP contribution in [0.5, 0.6) is 0 Å². The van der Waals surface area contributed by atoms with Crippen molar-refractivity contribution >= 4 is 5.91 Å². The van der Waals surface area contributed by atoms with Crippen molar-refractivity contribution in [3.63, 3.8) is 0 Å². The molecule has 12 heavy (non-hydrogen) atoms. The Morgan fingerprint density at radius 2 is 2.25 bits per heavy atom. The number of hydrogen-bond acceptors (Lipinski definition) is 2. The van der Waals surface area contributed by atoms with Crippen molar-refractivity contribution in [2.75, 3.05) is 6.54 Å². The predicted molar refractivity (Wildman–Crippen MR) is 46.6 cm³/mol. The lowest BCUT2D eigenvalue weighted by Crippen LogP contribution is -2.35. The lowest BCUT2D eigenvalue weighted by atomic mass is 10.2. The Bertz CT molecular complexity index is 193. The van der Waals surface area contributed by atoms with E-state index in [1.165, 1.54) is 0 Å². The summed E-state index contributed by atoms with van der Waals surface area (Å²) in [7, 11) is 0. The van der Waals surface area contributed by atoms with Crippen molar-refractivity contribution in [1.82, 2.24) is 4.90 Å². The third-order valence-electron chi connectivity index (χ3n) is 3.00. The van der Waals surface area contributed by atoms with Gasteiger partial charge in [0.1, 0.15) is 0 Å². The molecule has 1 aliphatic heterocycles. The molecule has 68 valence electrons. The first-order chi connectivity index (χ1) is 5.77. The van der Waals surface area contributed by atoms with Gasteiger partial charge in [0.05, 0.1) is 0 Å². The Morgan fingerprint density at radius 3 is 2.75 bits per heavy atom. The summed E-state index contributed by atoms with van der Waals surface area (Å²) < 4.78 is 0. The van der Waals surface area contributed by atoms with E-state index in [0.29, 0.717) is 18.0 Å². The van der Waals surface area contributed by atoms with Crippen LogP contribution in [0.4, 0.5) is 0 Å². The molecule has 0 aromatic carbocycles. The molecular weight excluding hydrogens is 152 g/mol. The van der Waals surface area contributed by atoms with Crippen LogP contribution in [-0.2, 0) is 4.79 Å². The van der Waals surface area contributed by atoms with E-state index in [4.69, 9.17) is 5.73 Å². The molecule has 0 spiro atoms. The molecule has 2 N–H and O–H groups in total. The second-order valence-corrected chi connectivity index (χ2v) is 3.92. The number of carbonyl (C=O) groups excluding carboxylic acids is 1. The summed E-state index contributed by atoms with van der Waals surface area (Å²) >= 11 is 0. The smallest absolute Gasteiger partial charge is 0.222 e. The maximum atomic E-state index is 11.4. The zero-order valence-corrected chi connectivity index (χ0v) is 7.33. The predicted octanol–water partition coefficient (Wildman–Crippen LogP) is 0.489. The minimum atomic E-state index is 0.336. The largest absolute Gasteiger partial charge is 0.340 e. The first-order valence-corrected chi connectivity index (χ1v) is 4.82. The standard InChI is InChI=1S/C9H16N2O/c10-7-3-4-8(6-7)11-5-1-2-9(11)12/h7-8H,1-6,10H2. The van der Waals surface area contributed by atoms with Gasteiger partial charge in [-0.05, 0) is 25.7 Å². The number of likely N-dealkylation sites (tertiary alicyclic amines) is 1. The maximum absolute atomic E-state index is 11.4. The second kappa shape index (κ2) is 3.05. The highest BCUT2D eigenvalue weighted by atomic mass is 16.2. The lowest BCUT2D eigenvalue weighted by Gasteiger charge is -2.23. The number of hydrogen-bond donors (Lipinski definition) is 1. The molecule has 3 heteroatoms. The van der Waals surface area contributed by atoms with Crippen LogP contribution in [0.2, 0.25) is 0 Å². The summed E-state index contributed by atoms with van der Waals surface area (Å²) in [5, 5.41) is 0. The summed E-state index contributed by atoms with van der Waals surface area (Å²) in [5.74, 6) is 0.342. The van der Waals surface area contributed by atoms with E-state index < -0.39 is 0 Å².